The average Bonchev–Trinajstić information content (AvgIpc) is 2.89. The maximum atomic E-state index is 12.6. The molecule has 1 amide bonds. The van der Waals surface area contributed by atoms with Crippen LogP contribution in [-0.4, -0.2) is 51.4 Å². The van der Waals surface area contributed by atoms with Gasteiger partial charge in [0.2, 0.25) is 0 Å². The molecule has 2 N–H and O–H groups in total. The molecular formula is C17H20ClN3O3. The molecule has 2 aromatic rings. The summed E-state index contributed by atoms with van der Waals surface area (Å²) in [6.45, 7) is 4.38. The van der Waals surface area contributed by atoms with Gasteiger partial charge in [0.05, 0.1) is 17.8 Å². The van der Waals surface area contributed by atoms with E-state index in [1.807, 2.05) is 6.92 Å². The van der Waals surface area contributed by atoms with Gasteiger partial charge in [-0.1, -0.05) is 11.6 Å². The lowest BCUT2D eigenvalue weighted by Gasteiger charge is -2.36. The molecule has 2 atom stereocenters. The number of benzene rings is 1. The second kappa shape index (κ2) is 6.83. The van der Waals surface area contributed by atoms with Crippen molar-refractivity contribution in [2.75, 3.05) is 13.1 Å². The maximum absolute atomic E-state index is 12.6. The monoisotopic (exact) mass is 349 g/mol. The van der Waals surface area contributed by atoms with E-state index >= 15 is 0 Å². The molecule has 7 heteroatoms. The van der Waals surface area contributed by atoms with Gasteiger partial charge in [0.25, 0.3) is 5.91 Å². The van der Waals surface area contributed by atoms with Crippen LogP contribution in [0.25, 0.3) is 0 Å². The van der Waals surface area contributed by atoms with Gasteiger partial charge in [-0.2, -0.15) is 5.10 Å². The number of nitrogens with zero attached hydrogens (tertiary/aromatic N) is 2. The van der Waals surface area contributed by atoms with Crippen molar-refractivity contribution < 1.29 is 14.6 Å². The van der Waals surface area contributed by atoms with E-state index in [0.717, 1.165) is 5.69 Å². The summed E-state index contributed by atoms with van der Waals surface area (Å²) in [4.78, 5) is 14.3. The molecule has 3 rings (SSSR count). The van der Waals surface area contributed by atoms with Crippen LogP contribution in [0.2, 0.25) is 5.02 Å². The average molecular weight is 350 g/mol. The number of aliphatic hydroxyl groups is 1. The molecule has 24 heavy (non-hydrogen) atoms. The normalized spacial score (nSPS) is 20.9. The van der Waals surface area contributed by atoms with Crippen molar-refractivity contribution in [2.45, 2.75) is 32.5 Å². The molecule has 2 heterocycles. The topological polar surface area (TPSA) is 78.5 Å². The van der Waals surface area contributed by atoms with E-state index in [-0.39, 0.29) is 18.6 Å². The Morgan fingerprint density at radius 1 is 1.38 bits per heavy atom. The summed E-state index contributed by atoms with van der Waals surface area (Å²) in [5, 5.41) is 17.9. The summed E-state index contributed by atoms with van der Waals surface area (Å²) < 4.78 is 5.82. The zero-order valence-electron chi connectivity index (χ0n) is 13.6. The Balaban J connectivity index is 1.64. The Kier molecular flexibility index (Phi) is 4.78. The number of H-pyrrole nitrogens is 1. The second-order valence-electron chi connectivity index (χ2n) is 6.03. The van der Waals surface area contributed by atoms with Crippen molar-refractivity contribution in [3.8, 4) is 5.75 Å². The number of β-amino-alcohol motifs (C(OH)–C–C–N with tert-alkyl or cyclic N) is 1. The van der Waals surface area contributed by atoms with Gasteiger partial charge < -0.3 is 14.7 Å². The highest BCUT2D eigenvalue weighted by Crippen LogP contribution is 2.23. The van der Waals surface area contributed by atoms with Gasteiger partial charge in [-0.25, -0.2) is 0 Å². The molecule has 1 aliphatic rings. The fourth-order valence-corrected chi connectivity index (χ4v) is 3.07. The second-order valence-corrected chi connectivity index (χ2v) is 6.46. The van der Waals surface area contributed by atoms with Gasteiger partial charge >= 0.3 is 0 Å². The summed E-state index contributed by atoms with van der Waals surface area (Å²) in [5.41, 5.74) is 2.00. The number of carbonyl (C=O) groups is 1. The van der Waals surface area contributed by atoms with E-state index in [4.69, 9.17) is 16.3 Å². The standard InChI is InChI=1S/C17H20ClN3O3/c1-10-16(11(2)20-19-10)17(23)21-8-7-15(14(22)9-21)24-13-5-3-12(18)4-6-13/h3-6,14-15,22H,7-9H2,1-2H3,(H,19,20)/t14-,15-/m1/s1. The van der Waals surface area contributed by atoms with E-state index in [9.17, 15) is 9.90 Å². The van der Waals surface area contributed by atoms with Gasteiger partial charge in [-0.15, -0.1) is 0 Å². The third kappa shape index (κ3) is 3.39. The molecule has 1 aromatic carbocycles. The number of aryl methyl sites for hydroxylation is 2. The Morgan fingerprint density at radius 2 is 2.08 bits per heavy atom. The van der Waals surface area contributed by atoms with Crippen LogP contribution in [0.3, 0.4) is 0 Å². The SMILES string of the molecule is Cc1n[nH]c(C)c1C(=O)N1CC[C@@H](Oc2ccc(Cl)cc2)[C@H](O)C1. The van der Waals surface area contributed by atoms with Crippen LogP contribution >= 0.6 is 11.6 Å². The van der Waals surface area contributed by atoms with Gasteiger partial charge in [-0.3, -0.25) is 9.89 Å². The Hall–Kier alpha value is -2.05. The van der Waals surface area contributed by atoms with Gasteiger partial charge in [0.15, 0.2) is 0 Å². The first kappa shape index (κ1) is 16.8. The zero-order chi connectivity index (χ0) is 17.3. The number of rotatable bonds is 3. The number of aliphatic hydroxyl groups excluding tert-OH is 1. The summed E-state index contributed by atoms with van der Waals surface area (Å²) in [6, 6.07) is 7.02. The Morgan fingerprint density at radius 3 is 2.67 bits per heavy atom. The number of piperidine rings is 1. The van der Waals surface area contributed by atoms with Crippen molar-refractivity contribution >= 4 is 17.5 Å². The lowest BCUT2D eigenvalue weighted by atomic mass is 10.0. The molecular weight excluding hydrogens is 330 g/mol. The zero-order valence-corrected chi connectivity index (χ0v) is 14.4. The number of amides is 1. The van der Waals surface area contributed by atoms with Gasteiger partial charge in [-0.05, 0) is 38.1 Å². The largest absolute Gasteiger partial charge is 0.488 e. The lowest BCUT2D eigenvalue weighted by Crippen LogP contribution is -2.51. The number of hydrogen-bond donors (Lipinski definition) is 2. The molecule has 1 fully saturated rings. The number of likely N-dealkylation sites (tertiary alicyclic amines) is 1. The first-order chi connectivity index (χ1) is 11.5. The molecule has 1 saturated heterocycles. The summed E-state index contributed by atoms with van der Waals surface area (Å²) >= 11 is 5.85. The molecule has 0 unspecified atom stereocenters. The maximum Gasteiger partial charge on any atom is 0.257 e. The van der Waals surface area contributed by atoms with Gasteiger partial charge in [0, 0.05) is 23.7 Å². The van der Waals surface area contributed by atoms with Crippen LogP contribution in [0.4, 0.5) is 0 Å². The fourth-order valence-electron chi connectivity index (χ4n) is 2.94. The van der Waals surface area contributed by atoms with Crippen molar-refractivity contribution in [3.05, 3.63) is 46.2 Å². The third-order valence-electron chi connectivity index (χ3n) is 4.25. The van der Waals surface area contributed by atoms with E-state index in [2.05, 4.69) is 10.2 Å². The third-order valence-corrected chi connectivity index (χ3v) is 4.50. The number of aromatic nitrogens is 2. The van der Waals surface area contributed by atoms with E-state index in [0.29, 0.717) is 35.0 Å². The molecule has 0 saturated carbocycles. The molecule has 0 spiro atoms. The molecule has 0 radical (unpaired) electrons. The molecule has 6 nitrogen and oxygen atoms in total. The highest BCUT2D eigenvalue weighted by Gasteiger charge is 2.33. The predicted octanol–water partition coefficient (Wildman–Crippen LogP) is 2.33. The number of nitrogens with one attached hydrogen (secondary N) is 1. The number of hydrogen-bond acceptors (Lipinski definition) is 4. The quantitative estimate of drug-likeness (QED) is 0.891. The smallest absolute Gasteiger partial charge is 0.257 e. The van der Waals surface area contributed by atoms with Crippen molar-refractivity contribution in [1.82, 2.24) is 15.1 Å². The van der Waals surface area contributed by atoms with Gasteiger partial charge in [0.1, 0.15) is 18.0 Å². The summed E-state index contributed by atoms with van der Waals surface area (Å²) in [6.07, 6.45) is -0.529. The highest BCUT2D eigenvalue weighted by molar-refractivity contribution is 6.30. The Labute approximate surface area is 145 Å². The van der Waals surface area contributed by atoms with Crippen LogP contribution in [-0.2, 0) is 0 Å². The fraction of sp³-hybridized carbons (Fsp3) is 0.412. The summed E-state index contributed by atoms with van der Waals surface area (Å²) in [7, 11) is 0. The van der Waals surface area contributed by atoms with E-state index in [1.54, 1.807) is 36.1 Å². The first-order valence-corrected chi connectivity index (χ1v) is 8.24. The number of halogens is 1. The van der Waals surface area contributed by atoms with Crippen LogP contribution < -0.4 is 4.74 Å². The van der Waals surface area contributed by atoms with E-state index < -0.39 is 6.10 Å². The lowest BCUT2D eigenvalue weighted by molar-refractivity contribution is -0.0199. The van der Waals surface area contributed by atoms with Crippen molar-refractivity contribution in [2.24, 2.45) is 0 Å². The van der Waals surface area contributed by atoms with Crippen LogP contribution in [0.1, 0.15) is 28.2 Å². The van der Waals surface area contributed by atoms with Crippen LogP contribution in [0.15, 0.2) is 24.3 Å². The van der Waals surface area contributed by atoms with Crippen molar-refractivity contribution in [1.29, 1.82) is 0 Å². The minimum absolute atomic E-state index is 0.109. The van der Waals surface area contributed by atoms with Crippen LogP contribution in [0.5, 0.6) is 5.75 Å². The summed E-state index contributed by atoms with van der Waals surface area (Å²) in [5.74, 6) is 0.549. The predicted molar refractivity (Wildman–Crippen MR) is 90.5 cm³/mol. The van der Waals surface area contributed by atoms with Crippen LogP contribution in [0, 0.1) is 13.8 Å². The molecule has 1 aliphatic heterocycles. The molecule has 0 bridgehead atoms. The minimum Gasteiger partial charge on any atom is -0.488 e. The number of ether oxygens (including phenoxy) is 1. The Bertz CT molecular complexity index is 710. The highest BCUT2D eigenvalue weighted by atomic mass is 35.5. The number of aromatic amines is 1. The van der Waals surface area contributed by atoms with E-state index in [1.165, 1.54) is 0 Å². The molecule has 0 aliphatic carbocycles. The number of carbonyl (C=O) groups excluding carboxylic acids is 1. The molecule has 128 valence electrons. The van der Waals surface area contributed by atoms with Crippen molar-refractivity contribution in [3.63, 3.8) is 0 Å². The molecule has 1 aromatic heterocycles. The first-order valence-electron chi connectivity index (χ1n) is 7.87. The minimum atomic E-state index is -0.745.